The topological polar surface area (TPSA) is 113 Å². The van der Waals surface area contributed by atoms with Crippen LogP contribution in [0.4, 0.5) is 11.4 Å². The van der Waals surface area contributed by atoms with Gasteiger partial charge in [0.25, 0.3) is 15.7 Å². The van der Waals surface area contributed by atoms with Gasteiger partial charge in [-0.15, -0.1) is 0 Å². The number of amides is 1. The number of hydrogen-bond acceptors (Lipinski definition) is 6. The number of benzene rings is 3. The van der Waals surface area contributed by atoms with Crippen molar-refractivity contribution >= 4 is 27.3 Å². The van der Waals surface area contributed by atoms with Crippen LogP contribution in [0, 0.1) is 10.1 Å². The molecule has 0 spiro atoms. The fraction of sp³-hybridized carbons (Fsp3) is 0.296. The number of carbonyl (C=O) groups excluding carboxylic acids is 1. The Hall–Kier alpha value is -3.76. The normalized spacial score (nSPS) is 14.2. The average molecular weight is 523 g/mol. The number of likely N-dealkylation sites (tertiary alicyclic amines) is 1. The van der Waals surface area contributed by atoms with E-state index in [9.17, 15) is 23.3 Å². The Morgan fingerprint density at radius 3 is 2.30 bits per heavy atom. The number of nitro groups is 1. The summed E-state index contributed by atoms with van der Waals surface area (Å²) >= 11 is 0. The summed E-state index contributed by atoms with van der Waals surface area (Å²) in [6, 6.07) is 20.9. The van der Waals surface area contributed by atoms with Crippen molar-refractivity contribution in [2.75, 3.05) is 23.9 Å². The molecule has 10 heteroatoms. The lowest BCUT2D eigenvalue weighted by atomic mass is 10.0. The number of nitro benzene ring substituents is 1. The molecule has 194 valence electrons. The van der Waals surface area contributed by atoms with Crippen molar-refractivity contribution in [1.29, 1.82) is 0 Å². The summed E-state index contributed by atoms with van der Waals surface area (Å²) in [6.45, 7) is 2.63. The summed E-state index contributed by atoms with van der Waals surface area (Å²) in [4.78, 5) is 26.1. The van der Waals surface area contributed by atoms with Gasteiger partial charge in [0.15, 0.2) is 0 Å². The second-order valence-corrected chi connectivity index (χ2v) is 10.8. The largest absolute Gasteiger partial charge is 0.350 e. The van der Waals surface area contributed by atoms with Crippen LogP contribution in [0.15, 0.2) is 83.8 Å². The van der Waals surface area contributed by atoms with Gasteiger partial charge < -0.3 is 5.32 Å². The molecule has 37 heavy (non-hydrogen) atoms. The Morgan fingerprint density at radius 1 is 0.919 bits per heavy atom. The molecule has 0 aliphatic carbocycles. The van der Waals surface area contributed by atoms with E-state index in [1.54, 1.807) is 18.2 Å². The van der Waals surface area contributed by atoms with E-state index in [2.05, 4.69) is 10.2 Å². The molecule has 0 aromatic heterocycles. The van der Waals surface area contributed by atoms with Crippen LogP contribution in [0.5, 0.6) is 0 Å². The summed E-state index contributed by atoms with van der Waals surface area (Å²) in [5.41, 5.74) is 1.86. The van der Waals surface area contributed by atoms with Crippen molar-refractivity contribution in [3.8, 4) is 0 Å². The lowest BCUT2D eigenvalue weighted by Crippen LogP contribution is -2.40. The third-order valence-electron chi connectivity index (χ3n) is 6.38. The minimum atomic E-state index is -4.16. The van der Waals surface area contributed by atoms with E-state index < -0.39 is 27.4 Å². The molecular formula is C27H30N4O5S. The fourth-order valence-corrected chi connectivity index (χ4v) is 5.85. The van der Waals surface area contributed by atoms with Gasteiger partial charge in [0.05, 0.1) is 15.5 Å². The van der Waals surface area contributed by atoms with Gasteiger partial charge in [0, 0.05) is 25.2 Å². The molecule has 1 aliphatic rings. The number of rotatable bonds is 10. The number of nitrogens with zero attached hydrogens (tertiary/aromatic N) is 3. The number of carbonyl (C=O) groups is 1. The SMILES string of the molecule is O=C(CN(c1cccc([N+](=O)[O-])c1)S(=O)(=O)c1ccccc1)NCc1ccccc1CN1CCCCC1. The van der Waals surface area contributed by atoms with E-state index in [-0.39, 0.29) is 22.8 Å². The number of non-ortho nitro benzene ring substituents is 1. The monoisotopic (exact) mass is 522 g/mol. The maximum absolute atomic E-state index is 13.5. The number of hydrogen-bond donors (Lipinski definition) is 1. The number of nitrogens with one attached hydrogen (secondary N) is 1. The third-order valence-corrected chi connectivity index (χ3v) is 8.17. The molecule has 4 rings (SSSR count). The number of piperidine rings is 1. The van der Waals surface area contributed by atoms with Gasteiger partial charge in [0.2, 0.25) is 5.91 Å². The Balaban J connectivity index is 1.53. The molecule has 0 bridgehead atoms. The Labute approximate surface area is 216 Å². The summed E-state index contributed by atoms with van der Waals surface area (Å²) in [5.74, 6) is -0.515. The second-order valence-electron chi connectivity index (χ2n) is 8.98. The van der Waals surface area contributed by atoms with Crippen LogP contribution >= 0.6 is 0 Å². The van der Waals surface area contributed by atoms with Crippen LogP contribution in [0.3, 0.4) is 0 Å². The van der Waals surface area contributed by atoms with Crippen molar-refractivity contribution in [1.82, 2.24) is 10.2 Å². The highest BCUT2D eigenvalue weighted by Gasteiger charge is 2.28. The molecule has 0 atom stereocenters. The van der Waals surface area contributed by atoms with Gasteiger partial charge in [-0.05, 0) is 55.3 Å². The second kappa shape index (κ2) is 12.0. The van der Waals surface area contributed by atoms with Crippen LogP contribution in [0.25, 0.3) is 0 Å². The molecule has 0 unspecified atom stereocenters. The van der Waals surface area contributed by atoms with Crippen molar-refractivity contribution in [3.63, 3.8) is 0 Å². The van der Waals surface area contributed by atoms with E-state index in [0.29, 0.717) is 0 Å². The lowest BCUT2D eigenvalue weighted by Gasteiger charge is -2.27. The molecule has 9 nitrogen and oxygen atoms in total. The van der Waals surface area contributed by atoms with Gasteiger partial charge in [-0.2, -0.15) is 0 Å². The first-order chi connectivity index (χ1) is 17.8. The zero-order valence-electron chi connectivity index (χ0n) is 20.5. The molecule has 0 saturated carbocycles. The molecule has 1 fully saturated rings. The molecule has 3 aromatic carbocycles. The van der Waals surface area contributed by atoms with Crippen LogP contribution < -0.4 is 9.62 Å². The average Bonchev–Trinajstić information content (AvgIpc) is 2.92. The van der Waals surface area contributed by atoms with Gasteiger partial charge in [-0.3, -0.25) is 24.1 Å². The zero-order chi connectivity index (χ0) is 26.3. The molecule has 3 aromatic rings. The first-order valence-electron chi connectivity index (χ1n) is 12.2. The van der Waals surface area contributed by atoms with Crippen LogP contribution in [0.1, 0.15) is 30.4 Å². The van der Waals surface area contributed by atoms with E-state index in [4.69, 9.17) is 0 Å². The molecule has 1 amide bonds. The minimum absolute atomic E-state index is 0.0128. The molecule has 1 heterocycles. The zero-order valence-corrected chi connectivity index (χ0v) is 21.3. The van der Waals surface area contributed by atoms with E-state index >= 15 is 0 Å². The van der Waals surface area contributed by atoms with Gasteiger partial charge >= 0.3 is 0 Å². The van der Waals surface area contributed by atoms with Gasteiger partial charge in [0.1, 0.15) is 6.54 Å². The van der Waals surface area contributed by atoms with Crippen molar-refractivity contribution in [2.45, 2.75) is 37.2 Å². The third kappa shape index (κ3) is 6.72. The molecule has 1 aliphatic heterocycles. The first-order valence-corrected chi connectivity index (χ1v) is 13.7. The summed E-state index contributed by atoms with van der Waals surface area (Å²) in [7, 11) is -4.16. The highest BCUT2D eigenvalue weighted by atomic mass is 32.2. The van der Waals surface area contributed by atoms with Gasteiger partial charge in [-0.25, -0.2) is 8.42 Å². The van der Waals surface area contributed by atoms with E-state index in [1.807, 2.05) is 24.3 Å². The highest BCUT2D eigenvalue weighted by Crippen LogP contribution is 2.27. The maximum atomic E-state index is 13.5. The van der Waals surface area contributed by atoms with E-state index in [0.717, 1.165) is 41.1 Å². The van der Waals surface area contributed by atoms with Crippen LogP contribution in [-0.4, -0.2) is 43.8 Å². The predicted octanol–water partition coefficient (Wildman–Crippen LogP) is 4.09. The highest BCUT2D eigenvalue weighted by molar-refractivity contribution is 7.92. The van der Waals surface area contributed by atoms with Crippen molar-refractivity contribution < 1.29 is 18.1 Å². The van der Waals surface area contributed by atoms with Crippen LogP contribution in [-0.2, 0) is 27.9 Å². The van der Waals surface area contributed by atoms with E-state index in [1.165, 1.54) is 49.6 Å². The van der Waals surface area contributed by atoms with Gasteiger partial charge in [-0.1, -0.05) is 55.0 Å². The maximum Gasteiger partial charge on any atom is 0.271 e. The molecular weight excluding hydrogens is 492 g/mol. The Kier molecular flexibility index (Phi) is 8.52. The standard InChI is InChI=1S/C27H30N4O5S/c32-27(28-19-22-10-5-6-11-23(22)20-29-16-7-2-8-17-29)21-30(24-12-9-13-25(18-24)31(33)34)37(35,36)26-14-3-1-4-15-26/h1,3-6,9-15,18H,2,7-8,16-17,19-21H2,(H,28,32). The number of anilines is 1. The smallest absolute Gasteiger partial charge is 0.271 e. The molecule has 1 saturated heterocycles. The molecule has 1 N–H and O–H groups in total. The first kappa shape index (κ1) is 26.3. The quantitative estimate of drug-likeness (QED) is 0.317. The summed E-state index contributed by atoms with van der Waals surface area (Å²) in [5, 5.41) is 14.1. The summed E-state index contributed by atoms with van der Waals surface area (Å²) in [6.07, 6.45) is 3.62. The predicted molar refractivity (Wildman–Crippen MR) is 141 cm³/mol. The van der Waals surface area contributed by atoms with Crippen molar-refractivity contribution in [3.05, 3.63) is 100 Å². The van der Waals surface area contributed by atoms with Crippen molar-refractivity contribution in [2.24, 2.45) is 0 Å². The number of sulfonamides is 1. The summed E-state index contributed by atoms with van der Waals surface area (Å²) < 4.78 is 27.8. The fourth-order valence-electron chi connectivity index (χ4n) is 4.42. The Morgan fingerprint density at radius 2 is 1.59 bits per heavy atom. The lowest BCUT2D eigenvalue weighted by molar-refractivity contribution is -0.384. The molecule has 0 radical (unpaired) electrons. The minimum Gasteiger partial charge on any atom is -0.350 e. The Bertz CT molecular complexity index is 1340. The van der Waals surface area contributed by atoms with Crippen LogP contribution in [0.2, 0.25) is 0 Å².